The molecule has 26 heavy (non-hydrogen) atoms. The molecule has 5 nitrogen and oxygen atoms in total. The molecule has 0 aliphatic rings. The average Bonchev–Trinajstić information content (AvgIpc) is 2.45. The molecule has 0 radical (unpaired) electrons. The zero-order chi connectivity index (χ0) is 20.5. The molecule has 0 saturated heterocycles. The third-order valence-electron chi connectivity index (χ3n) is 4.58. The Balaban J connectivity index is 4.95. The summed E-state index contributed by atoms with van der Waals surface area (Å²) >= 11 is 0. The summed E-state index contributed by atoms with van der Waals surface area (Å²) in [5, 5.41) is 1.85. The lowest BCUT2D eigenvalue weighted by Gasteiger charge is -2.35. The molecule has 0 rings (SSSR count). The van der Waals surface area contributed by atoms with Gasteiger partial charge in [-0.25, -0.2) is 4.79 Å². The molecular weight excluding hydrogens is 346 g/mol. The lowest BCUT2D eigenvalue weighted by atomic mass is 10.1. The zero-order valence-electron chi connectivity index (χ0n) is 18.4. The number of carbonyl (C=O) groups is 1. The van der Waals surface area contributed by atoms with Crippen molar-refractivity contribution in [2.45, 2.75) is 72.2 Å². The van der Waals surface area contributed by atoms with Gasteiger partial charge in [-0.3, -0.25) is 4.84 Å². The summed E-state index contributed by atoms with van der Waals surface area (Å²) in [5.41, 5.74) is 1.73. The third kappa shape index (κ3) is 9.66. The van der Waals surface area contributed by atoms with E-state index in [4.69, 9.17) is 14.0 Å². The Morgan fingerprint density at radius 1 is 1.19 bits per heavy atom. The minimum Gasteiger partial charge on any atom is -0.463 e. The molecule has 0 aliphatic carbocycles. The van der Waals surface area contributed by atoms with E-state index in [2.05, 4.69) is 46.9 Å². The fraction of sp³-hybridized carbons (Fsp3) is 0.750. The predicted octanol–water partition coefficient (Wildman–Crippen LogP) is 4.72. The predicted molar refractivity (Wildman–Crippen MR) is 110 cm³/mol. The van der Waals surface area contributed by atoms with E-state index in [1.807, 2.05) is 20.2 Å². The summed E-state index contributed by atoms with van der Waals surface area (Å²) in [5.74, 6) is -0.303. The molecule has 0 aromatic heterocycles. The first kappa shape index (κ1) is 25.0. The lowest BCUT2D eigenvalue weighted by molar-refractivity contribution is -0.148. The Bertz CT molecular complexity index is 504. The van der Waals surface area contributed by atoms with Gasteiger partial charge in [0.25, 0.3) is 0 Å². The van der Waals surface area contributed by atoms with Gasteiger partial charge in [0.05, 0.1) is 13.2 Å². The summed E-state index contributed by atoms with van der Waals surface area (Å²) < 4.78 is 11.2. The van der Waals surface area contributed by atoms with Crippen LogP contribution >= 0.6 is 0 Å². The van der Waals surface area contributed by atoms with E-state index in [9.17, 15) is 4.79 Å². The van der Waals surface area contributed by atoms with Gasteiger partial charge in [0, 0.05) is 19.7 Å². The SMILES string of the molecule is CCOC(=O)/C(C)=C/C(C/C(C)=C\CO[Si](C)(C)C(C)(C)C)ON(C)C. The first-order valence-corrected chi connectivity index (χ1v) is 12.2. The van der Waals surface area contributed by atoms with Crippen molar-refractivity contribution in [3.63, 3.8) is 0 Å². The smallest absolute Gasteiger partial charge is 0.333 e. The van der Waals surface area contributed by atoms with Crippen molar-refractivity contribution in [3.05, 3.63) is 23.3 Å². The molecule has 1 atom stereocenters. The average molecular weight is 386 g/mol. The van der Waals surface area contributed by atoms with Crippen LogP contribution in [0.25, 0.3) is 0 Å². The van der Waals surface area contributed by atoms with E-state index in [1.54, 1.807) is 18.9 Å². The van der Waals surface area contributed by atoms with Crippen molar-refractivity contribution in [2.24, 2.45) is 0 Å². The quantitative estimate of drug-likeness (QED) is 0.179. The largest absolute Gasteiger partial charge is 0.463 e. The van der Waals surface area contributed by atoms with Crippen LogP contribution in [-0.4, -0.2) is 52.8 Å². The van der Waals surface area contributed by atoms with Crippen LogP contribution in [0, 0.1) is 0 Å². The van der Waals surface area contributed by atoms with E-state index in [1.165, 1.54) is 5.57 Å². The maximum absolute atomic E-state index is 11.8. The Morgan fingerprint density at radius 2 is 1.77 bits per heavy atom. The van der Waals surface area contributed by atoms with Gasteiger partial charge in [-0.2, -0.15) is 5.06 Å². The molecule has 0 N–H and O–H groups in total. The molecule has 152 valence electrons. The van der Waals surface area contributed by atoms with Crippen molar-refractivity contribution in [1.29, 1.82) is 0 Å². The van der Waals surface area contributed by atoms with Gasteiger partial charge < -0.3 is 9.16 Å². The van der Waals surface area contributed by atoms with E-state index in [0.29, 0.717) is 25.2 Å². The van der Waals surface area contributed by atoms with Gasteiger partial charge in [0.1, 0.15) is 6.10 Å². The van der Waals surface area contributed by atoms with Crippen LogP contribution in [0.2, 0.25) is 18.1 Å². The molecule has 0 spiro atoms. The fourth-order valence-electron chi connectivity index (χ4n) is 2.00. The third-order valence-corrected chi connectivity index (χ3v) is 9.09. The highest BCUT2D eigenvalue weighted by atomic mass is 28.4. The van der Waals surface area contributed by atoms with Crippen LogP contribution in [0.15, 0.2) is 23.3 Å². The Labute approximate surface area is 161 Å². The van der Waals surface area contributed by atoms with Crippen LogP contribution in [0.1, 0.15) is 48.0 Å². The lowest BCUT2D eigenvalue weighted by Crippen LogP contribution is -2.40. The van der Waals surface area contributed by atoms with Crippen LogP contribution in [0.5, 0.6) is 0 Å². The number of ether oxygens (including phenoxy) is 1. The number of hydrogen-bond acceptors (Lipinski definition) is 5. The molecule has 0 aliphatic heterocycles. The monoisotopic (exact) mass is 385 g/mol. The van der Waals surface area contributed by atoms with Crippen LogP contribution < -0.4 is 0 Å². The molecule has 0 aromatic carbocycles. The van der Waals surface area contributed by atoms with Crippen LogP contribution in [-0.2, 0) is 18.8 Å². The van der Waals surface area contributed by atoms with Crippen molar-refractivity contribution in [1.82, 2.24) is 5.06 Å². The van der Waals surface area contributed by atoms with Crippen molar-refractivity contribution >= 4 is 14.3 Å². The molecular formula is C20H39NO4Si. The van der Waals surface area contributed by atoms with Crippen molar-refractivity contribution in [3.8, 4) is 0 Å². The van der Waals surface area contributed by atoms with E-state index >= 15 is 0 Å². The van der Waals surface area contributed by atoms with Crippen LogP contribution in [0.4, 0.5) is 0 Å². The topological polar surface area (TPSA) is 48.0 Å². The zero-order valence-corrected chi connectivity index (χ0v) is 19.4. The molecule has 0 aromatic rings. The van der Waals surface area contributed by atoms with Gasteiger partial charge in [0.15, 0.2) is 8.32 Å². The number of nitrogens with zero attached hydrogens (tertiary/aromatic N) is 1. The maximum Gasteiger partial charge on any atom is 0.333 e. The Kier molecular flexibility index (Phi) is 10.6. The van der Waals surface area contributed by atoms with Crippen molar-refractivity contribution < 1.29 is 18.8 Å². The Morgan fingerprint density at radius 3 is 2.23 bits per heavy atom. The summed E-state index contributed by atoms with van der Waals surface area (Å²) in [4.78, 5) is 17.6. The van der Waals surface area contributed by atoms with E-state index < -0.39 is 8.32 Å². The highest BCUT2D eigenvalue weighted by Gasteiger charge is 2.36. The number of rotatable bonds is 10. The van der Waals surface area contributed by atoms with E-state index in [0.717, 1.165) is 0 Å². The molecule has 1 unspecified atom stereocenters. The van der Waals surface area contributed by atoms with Gasteiger partial charge in [-0.15, -0.1) is 0 Å². The van der Waals surface area contributed by atoms with Crippen molar-refractivity contribution in [2.75, 3.05) is 27.3 Å². The van der Waals surface area contributed by atoms with Gasteiger partial charge >= 0.3 is 5.97 Å². The van der Waals surface area contributed by atoms with Crippen LogP contribution in [0.3, 0.4) is 0 Å². The Hall–Kier alpha value is -0.953. The molecule has 0 heterocycles. The maximum atomic E-state index is 11.8. The van der Waals surface area contributed by atoms with Gasteiger partial charge in [-0.05, 0) is 51.4 Å². The van der Waals surface area contributed by atoms with E-state index in [-0.39, 0.29) is 17.1 Å². The minimum absolute atomic E-state index is 0.199. The summed E-state index contributed by atoms with van der Waals surface area (Å²) in [7, 11) is 1.92. The first-order chi connectivity index (χ1) is 11.8. The molecule has 6 heteroatoms. The second-order valence-corrected chi connectivity index (χ2v) is 13.2. The van der Waals surface area contributed by atoms with Gasteiger partial charge in [0.2, 0.25) is 0 Å². The summed E-state index contributed by atoms with van der Waals surface area (Å²) in [6.07, 6.45) is 4.40. The first-order valence-electron chi connectivity index (χ1n) is 9.29. The molecule has 0 amide bonds. The fourth-order valence-corrected chi connectivity index (χ4v) is 2.93. The minimum atomic E-state index is -1.75. The number of hydroxylamine groups is 2. The van der Waals surface area contributed by atoms with Gasteiger partial charge in [-0.1, -0.05) is 32.4 Å². The highest BCUT2D eigenvalue weighted by molar-refractivity contribution is 6.74. The number of hydrogen-bond donors (Lipinski definition) is 0. The number of esters is 1. The molecule has 0 bridgehead atoms. The summed E-state index contributed by atoms with van der Waals surface area (Å²) in [6.45, 7) is 17.8. The second kappa shape index (κ2) is 11.0. The molecule has 0 fully saturated rings. The molecule has 0 saturated carbocycles. The summed E-state index contributed by atoms with van der Waals surface area (Å²) in [6, 6.07) is 0. The normalized spacial score (nSPS) is 15.3. The highest BCUT2D eigenvalue weighted by Crippen LogP contribution is 2.36. The second-order valence-electron chi connectivity index (χ2n) is 8.35. The number of carbonyl (C=O) groups excluding carboxylic acids is 1. The standard InChI is InChI=1S/C20H39NO4Si/c1-11-23-19(22)17(3)15-18(25-21(7)8)14-16(2)12-13-24-26(9,10)20(4,5)6/h12,15,18H,11,13-14H2,1-10H3/b16-12-,17-15+.